The maximum Gasteiger partial charge on any atom is 0.410 e. The highest BCUT2D eigenvalue weighted by Crippen LogP contribution is 2.39. The molecule has 1 aromatic rings. The number of nitrogens with zero attached hydrogens (tertiary/aromatic N) is 1. The van der Waals surface area contributed by atoms with Gasteiger partial charge in [-0.15, -0.1) is 0 Å². The second kappa shape index (κ2) is 5.55. The molecule has 0 atom stereocenters. The minimum absolute atomic E-state index is 0.0915. The molecule has 1 aromatic carbocycles. The molecule has 0 aliphatic carbocycles. The molecule has 5 nitrogen and oxygen atoms in total. The van der Waals surface area contributed by atoms with Crippen LogP contribution in [0.2, 0.25) is 0 Å². The van der Waals surface area contributed by atoms with Gasteiger partial charge < -0.3 is 14.4 Å². The summed E-state index contributed by atoms with van der Waals surface area (Å²) in [5.74, 6) is 0.722. The first-order valence-corrected chi connectivity index (χ1v) is 7.98. The predicted octanol–water partition coefficient (Wildman–Crippen LogP) is 3.22. The molecule has 2 heterocycles. The van der Waals surface area contributed by atoms with Gasteiger partial charge in [0.05, 0.1) is 12.0 Å². The van der Waals surface area contributed by atoms with E-state index in [1.807, 2.05) is 20.8 Å². The van der Waals surface area contributed by atoms with E-state index < -0.39 is 11.2 Å². The summed E-state index contributed by atoms with van der Waals surface area (Å²) in [6.07, 6.45) is 1.33. The van der Waals surface area contributed by atoms with Crippen LogP contribution in [0.4, 0.5) is 4.79 Å². The maximum atomic E-state index is 12.4. The van der Waals surface area contributed by atoms with Crippen molar-refractivity contribution in [2.75, 3.05) is 13.1 Å². The zero-order valence-electron chi connectivity index (χ0n) is 13.8. The van der Waals surface area contributed by atoms with E-state index >= 15 is 0 Å². The van der Waals surface area contributed by atoms with E-state index in [0.717, 1.165) is 0 Å². The number of hydrogen-bond donors (Lipinski definition) is 0. The highest BCUT2D eigenvalue weighted by molar-refractivity contribution is 6.00. The van der Waals surface area contributed by atoms with Crippen LogP contribution in [0.3, 0.4) is 0 Å². The van der Waals surface area contributed by atoms with Gasteiger partial charge in [0.25, 0.3) is 0 Å². The Morgan fingerprint density at radius 3 is 2.70 bits per heavy atom. The number of hydrogen-bond acceptors (Lipinski definition) is 4. The lowest BCUT2D eigenvalue weighted by Gasteiger charge is -2.43. The van der Waals surface area contributed by atoms with Gasteiger partial charge in [-0.2, -0.15) is 0 Å². The highest BCUT2D eigenvalue weighted by atomic mass is 16.6. The maximum absolute atomic E-state index is 12.4. The molecule has 23 heavy (non-hydrogen) atoms. The second-order valence-electron chi connectivity index (χ2n) is 7.27. The summed E-state index contributed by atoms with van der Waals surface area (Å²) >= 11 is 0. The molecule has 5 heteroatoms. The molecule has 2 aliphatic heterocycles. The summed E-state index contributed by atoms with van der Waals surface area (Å²) in [5, 5.41) is 0. The van der Waals surface area contributed by atoms with Gasteiger partial charge in [0.1, 0.15) is 17.0 Å². The fourth-order valence-electron chi connectivity index (χ4n) is 3.08. The minimum atomic E-state index is -0.501. The first-order chi connectivity index (χ1) is 10.8. The van der Waals surface area contributed by atoms with Crippen LogP contribution in [0.25, 0.3) is 0 Å². The Bertz CT molecular complexity index is 624. The quantitative estimate of drug-likeness (QED) is 0.737. The smallest absolute Gasteiger partial charge is 0.410 e. The monoisotopic (exact) mass is 316 g/mol. The zero-order chi connectivity index (χ0) is 16.7. The summed E-state index contributed by atoms with van der Waals surface area (Å²) in [5.41, 5.74) is -0.393. The van der Waals surface area contributed by atoms with E-state index in [4.69, 9.17) is 9.47 Å². The molecule has 1 radical (unpaired) electrons. The third kappa shape index (κ3) is 3.33. The molecule has 0 bridgehead atoms. The third-order valence-corrected chi connectivity index (χ3v) is 4.26. The molecular formula is C18H22NO4. The minimum Gasteiger partial charge on any atom is -0.486 e. The van der Waals surface area contributed by atoms with E-state index in [1.165, 1.54) is 0 Å². The zero-order valence-corrected chi connectivity index (χ0v) is 13.8. The molecule has 123 valence electrons. The van der Waals surface area contributed by atoms with Crippen molar-refractivity contribution >= 4 is 11.9 Å². The van der Waals surface area contributed by atoms with Crippen molar-refractivity contribution in [3.8, 4) is 5.75 Å². The van der Waals surface area contributed by atoms with Crippen LogP contribution in [0.5, 0.6) is 5.75 Å². The SMILES string of the molecule is CC(C)(C)OC(=O)N1CCC2(CC1)CC(=O)c1c[c]ccc1O2. The number of piperidine rings is 1. The first kappa shape index (κ1) is 15.8. The molecule has 1 fully saturated rings. The molecular weight excluding hydrogens is 294 g/mol. The van der Waals surface area contributed by atoms with Crippen molar-refractivity contribution in [3.63, 3.8) is 0 Å². The van der Waals surface area contributed by atoms with E-state index in [0.29, 0.717) is 43.7 Å². The second-order valence-corrected chi connectivity index (χ2v) is 7.27. The number of benzene rings is 1. The molecule has 1 spiro atoms. The van der Waals surface area contributed by atoms with E-state index in [1.54, 1.807) is 23.1 Å². The van der Waals surface area contributed by atoms with Gasteiger partial charge in [0, 0.05) is 25.9 Å². The largest absolute Gasteiger partial charge is 0.486 e. The Labute approximate surface area is 136 Å². The number of amides is 1. The van der Waals surface area contributed by atoms with Gasteiger partial charge in [0.2, 0.25) is 0 Å². The van der Waals surface area contributed by atoms with Gasteiger partial charge in [-0.05, 0) is 39.0 Å². The van der Waals surface area contributed by atoms with E-state index in [2.05, 4.69) is 6.07 Å². The summed E-state index contributed by atoms with van der Waals surface area (Å²) in [6, 6.07) is 8.13. The normalized spacial score (nSPS) is 20.0. The average Bonchev–Trinajstić information content (AvgIpc) is 2.46. The van der Waals surface area contributed by atoms with Crippen LogP contribution in [-0.2, 0) is 4.74 Å². The third-order valence-electron chi connectivity index (χ3n) is 4.26. The summed E-state index contributed by atoms with van der Waals surface area (Å²) < 4.78 is 11.5. The number of carbonyl (C=O) groups is 2. The van der Waals surface area contributed by atoms with Crippen LogP contribution in [0.1, 0.15) is 50.4 Å². The number of carbonyl (C=O) groups excluding carboxylic acids is 2. The Kier molecular flexibility index (Phi) is 3.82. The van der Waals surface area contributed by atoms with Gasteiger partial charge in [-0.3, -0.25) is 4.79 Å². The fourth-order valence-corrected chi connectivity index (χ4v) is 3.08. The van der Waals surface area contributed by atoms with Crippen molar-refractivity contribution in [2.24, 2.45) is 0 Å². The average molecular weight is 316 g/mol. The summed E-state index contributed by atoms with van der Waals surface area (Å²) in [6.45, 7) is 6.64. The lowest BCUT2D eigenvalue weighted by molar-refractivity contribution is -0.0226. The molecule has 1 amide bonds. The molecule has 1 saturated heterocycles. The Balaban J connectivity index is 1.67. The summed E-state index contributed by atoms with van der Waals surface area (Å²) in [7, 11) is 0. The highest BCUT2D eigenvalue weighted by Gasteiger charge is 2.44. The number of ketones is 1. The van der Waals surface area contributed by atoms with Crippen LogP contribution in [-0.4, -0.2) is 41.1 Å². The van der Waals surface area contributed by atoms with Crippen LogP contribution in [0.15, 0.2) is 18.2 Å². The lowest BCUT2D eigenvalue weighted by Crippen LogP contribution is -2.52. The molecule has 2 aliphatic rings. The number of likely N-dealkylation sites (tertiary alicyclic amines) is 1. The molecule has 3 rings (SSSR count). The molecule has 0 aromatic heterocycles. The van der Waals surface area contributed by atoms with Gasteiger partial charge in [-0.1, -0.05) is 6.07 Å². The van der Waals surface area contributed by atoms with Crippen molar-refractivity contribution in [2.45, 2.75) is 51.2 Å². The number of ether oxygens (including phenoxy) is 2. The predicted molar refractivity (Wildman–Crippen MR) is 84.6 cm³/mol. The van der Waals surface area contributed by atoms with Crippen molar-refractivity contribution in [1.29, 1.82) is 0 Å². The lowest BCUT2D eigenvalue weighted by atomic mass is 9.82. The number of fused-ring (bicyclic) bond motifs is 1. The Morgan fingerprint density at radius 1 is 1.35 bits per heavy atom. The van der Waals surface area contributed by atoms with E-state index in [9.17, 15) is 9.59 Å². The Hall–Kier alpha value is -2.04. The van der Waals surface area contributed by atoms with Crippen LogP contribution < -0.4 is 4.74 Å². The van der Waals surface area contributed by atoms with Gasteiger partial charge in [0.15, 0.2) is 5.78 Å². The van der Waals surface area contributed by atoms with Crippen LogP contribution >= 0.6 is 0 Å². The Morgan fingerprint density at radius 2 is 2.04 bits per heavy atom. The first-order valence-electron chi connectivity index (χ1n) is 7.98. The molecule has 0 saturated carbocycles. The number of rotatable bonds is 0. The van der Waals surface area contributed by atoms with Gasteiger partial charge in [-0.25, -0.2) is 4.79 Å². The van der Waals surface area contributed by atoms with Crippen molar-refractivity contribution in [1.82, 2.24) is 4.90 Å². The molecule has 0 N–H and O–H groups in total. The number of Topliss-reactive ketones (excluding diaryl/α,β-unsaturated/α-hetero) is 1. The fraction of sp³-hybridized carbons (Fsp3) is 0.556. The summed E-state index contributed by atoms with van der Waals surface area (Å²) in [4.78, 5) is 26.2. The van der Waals surface area contributed by atoms with E-state index in [-0.39, 0.29) is 11.9 Å². The van der Waals surface area contributed by atoms with Gasteiger partial charge >= 0.3 is 6.09 Å². The van der Waals surface area contributed by atoms with Crippen molar-refractivity contribution < 1.29 is 19.1 Å². The topological polar surface area (TPSA) is 55.8 Å². The van der Waals surface area contributed by atoms with Crippen LogP contribution in [0, 0.1) is 6.07 Å². The molecule has 0 unspecified atom stereocenters. The van der Waals surface area contributed by atoms with Crippen molar-refractivity contribution in [3.05, 3.63) is 29.8 Å². The standard InChI is InChI=1S/C18H22NO4/c1-17(2,3)23-16(21)19-10-8-18(9-11-19)12-14(20)13-6-4-5-7-15(13)22-18/h5-7H,8-12H2,1-3H3.